The van der Waals surface area contributed by atoms with E-state index in [-0.39, 0.29) is 17.8 Å². The third-order valence-electron chi connectivity index (χ3n) is 4.51. The zero-order valence-electron chi connectivity index (χ0n) is 16.5. The minimum absolute atomic E-state index is 0.0569. The van der Waals surface area contributed by atoms with Crippen LogP contribution in [0.2, 0.25) is 0 Å². The number of alkyl halides is 3. The maximum absolute atomic E-state index is 14.5. The summed E-state index contributed by atoms with van der Waals surface area (Å²) in [5.41, 5.74) is -1.36. The molecule has 1 fully saturated rings. The Morgan fingerprint density at radius 3 is 2.52 bits per heavy atom. The van der Waals surface area contributed by atoms with E-state index >= 15 is 0 Å². The van der Waals surface area contributed by atoms with Gasteiger partial charge in [0.1, 0.15) is 17.7 Å². The molecule has 1 aliphatic rings. The SMILES string of the molecule is CC(C)(NC(=O)C1CC(=O)NC(c2ncccn2)N1)c1ccc(OC(F)(F)F)cc1F. The van der Waals surface area contributed by atoms with Gasteiger partial charge < -0.3 is 15.4 Å². The molecule has 2 heterocycles. The predicted molar refractivity (Wildman–Crippen MR) is 98.7 cm³/mol. The molecule has 31 heavy (non-hydrogen) atoms. The Labute approximate surface area is 174 Å². The summed E-state index contributed by atoms with van der Waals surface area (Å²) in [5, 5.41) is 8.16. The average Bonchev–Trinajstić information content (AvgIpc) is 2.66. The zero-order valence-corrected chi connectivity index (χ0v) is 16.5. The van der Waals surface area contributed by atoms with Crippen LogP contribution < -0.4 is 20.7 Å². The number of rotatable bonds is 5. The highest BCUT2D eigenvalue weighted by molar-refractivity contribution is 5.90. The lowest BCUT2D eigenvalue weighted by atomic mass is 9.92. The fourth-order valence-corrected chi connectivity index (χ4v) is 3.14. The maximum Gasteiger partial charge on any atom is 0.573 e. The van der Waals surface area contributed by atoms with E-state index in [4.69, 9.17) is 0 Å². The Hall–Kier alpha value is -3.28. The van der Waals surface area contributed by atoms with Crippen molar-refractivity contribution >= 4 is 11.8 Å². The first kappa shape index (κ1) is 22.4. The molecule has 8 nitrogen and oxygen atoms in total. The van der Waals surface area contributed by atoms with Crippen molar-refractivity contribution in [3.05, 3.63) is 53.9 Å². The average molecular weight is 441 g/mol. The number of carbonyl (C=O) groups excluding carboxylic acids is 2. The van der Waals surface area contributed by atoms with Gasteiger partial charge in [0.25, 0.3) is 0 Å². The highest BCUT2D eigenvalue weighted by Gasteiger charge is 2.36. The van der Waals surface area contributed by atoms with Crippen LogP contribution in [0.25, 0.3) is 0 Å². The van der Waals surface area contributed by atoms with Crippen LogP contribution in [0.3, 0.4) is 0 Å². The highest BCUT2D eigenvalue weighted by atomic mass is 19.4. The van der Waals surface area contributed by atoms with Gasteiger partial charge >= 0.3 is 6.36 Å². The van der Waals surface area contributed by atoms with Crippen molar-refractivity contribution < 1.29 is 31.9 Å². The van der Waals surface area contributed by atoms with E-state index in [2.05, 4.69) is 30.7 Å². The second-order valence-electron chi connectivity index (χ2n) is 7.33. The number of amides is 2. The Balaban J connectivity index is 1.73. The first-order valence-electron chi connectivity index (χ1n) is 9.15. The van der Waals surface area contributed by atoms with Crippen molar-refractivity contribution in [2.24, 2.45) is 0 Å². The summed E-state index contributed by atoms with van der Waals surface area (Å²) in [5.74, 6) is -2.45. The third kappa shape index (κ3) is 5.66. The fourth-order valence-electron chi connectivity index (χ4n) is 3.14. The Morgan fingerprint density at radius 1 is 1.23 bits per heavy atom. The number of benzene rings is 1. The van der Waals surface area contributed by atoms with E-state index in [9.17, 15) is 27.2 Å². The maximum atomic E-state index is 14.5. The number of nitrogens with zero attached hydrogens (tertiary/aromatic N) is 2. The van der Waals surface area contributed by atoms with Crippen molar-refractivity contribution in [1.29, 1.82) is 0 Å². The molecule has 2 aromatic rings. The molecule has 0 saturated carbocycles. The van der Waals surface area contributed by atoms with Crippen LogP contribution in [-0.4, -0.2) is 34.2 Å². The van der Waals surface area contributed by atoms with Crippen molar-refractivity contribution in [3.63, 3.8) is 0 Å². The molecule has 0 aliphatic carbocycles. The van der Waals surface area contributed by atoms with Crippen LogP contribution in [0.4, 0.5) is 17.6 Å². The van der Waals surface area contributed by atoms with Gasteiger partial charge in [0, 0.05) is 24.0 Å². The lowest BCUT2D eigenvalue weighted by Gasteiger charge is -2.33. The summed E-state index contributed by atoms with van der Waals surface area (Å²) in [6.07, 6.45) is -2.96. The molecule has 1 saturated heterocycles. The van der Waals surface area contributed by atoms with Gasteiger partial charge in [-0.15, -0.1) is 13.2 Å². The monoisotopic (exact) mass is 441 g/mol. The van der Waals surface area contributed by atoms with Gasteiger partial charge in [0.15, 0.2) is 5.82 Å². The number of hydrogen-bond donors (Lipinski definition) is 3. The second kappa shape index (κ2) is 8.46. The highest BCUT2D eigenvalue weighted by Crippen LogP contribution is 2.29. The summed E-state index contributed by atoms with van der Waals surface area (Å²) < 4.78 is 55.1. The molecule has 3 N–H and O–H groups in total. The molecule has 0 bridgehead atoms. The van der Waals surface area contributed by atoms with Gasteiger partial charge in [-0.25, -0.2) is 14.4 Å². The van der Waals surface area contributed by atoms with Crippen LogP contribution >= 0.6 is 0 Å². The first-order valence-corrected chi connectivity index (χ1v) is 9.15. The molecule has 2 amide bonds. The summed E-state index contributed by atoms with van der Waals surface area (Å²) in [7, 11) is 0. The molecular weight excluding hydrogens is 422 g/mol. The van der Waals surface area contributed by atoms with Crippen LogP contribution in [-0.2, 0) is 15.1 Å². The van der Waals surface area contributed by atoms with E-state index in [1.807, 2.05) is 0 Å². The number of aromatic nitrogens is 2. The summed E-state index contributed by atoms with van der Waals surface area (Å²) in [6, 6.07) is 3.28. The summed E-state index contributed by atoms with van der Waals surface area (Å²) in [4.78, 5) is 32.9. The zero-order chi connectivity index (χ0) is 22.8. The van der Waals surface area contributed by atoms with Gasteiger partial charge in [-0.05, 0) is 26.0 Å². The predicted octanol–water partition coefficient (Wildman–Crippen LogP) is 2.04. The number of carbonyl (C=O) groups is 2. The Kier molecular flexibility index (Phi) is 6.11. The number of nitrogens with one attached hydrogen (secondary N) is 3. The quantitative estimate of drug-likeness (QED) is 0.614. The molecule has 0 radical (unpaired) electrons. The van der Waals surface area contributed by atoms with Gasteiger partial charge in [-0.3, -0.25) is 14.9 Å². The Morgan fingerprint density at radius 2 is 1.90 bits per heavy atom. The van der Waals surface area contributed by atoms with Crippen LogP contribution in [0, 0.1) is 5.82 Å². The smallest absolute Gasteiger partial charge is 0.406 e. The first-order chi connectivity index (χ1) is 14.4. The second-order valence-corrected chi connectivity index (χ2v) is 7.33. The Bertz CT molecular complexity index is 969. The molecule has 1 aromatic heterocycles. The summed E-state index contributed by atoms with van der Waals surface area (Å²) >= 11 is 0. The van der Waals surface area contributed by atoms with Crippen molar-refractivity contribution in [3.8, 4) is 5.75 Å². The lowest BCUT2D eigenvalue weighted by molar-refractivity contribution is -0.274. The van der Waals surface area contributed by atoms with Gasteiger partial charge in [0.2, 0.25) is 11.8 Å². The van der Waals surface area contributed by atoms with Gasteiger partial charge in [-0.1, -0.05) is 6.07 Å². The molecular formula is C19H19F4N5O3. The largest absolute Gasteiger partial charge is 0.573 e. The molecule has 12 heteroatoms. The minimum Gasteiger partial charge on any atom is -0.406 e. The van der Waals surface area contributed by atoms with E-state index in [1.54, 1.807) is 6.07 Å². The van der Waals surface area contributed by atoms with E-state index < -0.39 is 47.5 Å². The van der Waals surface area contributed by atoms with Gasteiger partial charge in [-0.2, -0.15) is 0 Å². The fraction of sp³-hybridized carbons (Fsp3) is 0.368. The standard InChI is InChI=1S/C19H19F4N5O3/c1-18(2,11-5-4-10(8-12(11)20)31-19(21,22)23)28-17(30)13-9-14(29)27-16(26-13)15-24-6-3-7-25-15/h3-8,13,16,26H,9H2,1-2H3,(H,27,29)(H,28,30). The number of ether oxygens (including phenoxy) is 1. The normalized spacial score (nSPS) is 19.5. The molecule has 0 spiro atoms. The lowest BCUT2D eigenvalue weighted by Crippen LogP contribution is -2.58. The molecule has 3 rings (SSSR count). The van der Waals surface area contributed by atoms with Crippen molar-refractivity contribution in [2.45, 2.75) is 44.4 Å². The molecule has 2 unspecified atom stereocenters. The molecule has 2 atom stereocenters. The van der Waals surface area contributed by atoms with Crippen LogP contribution in [0.5, 0.6) is 5.75 Å². The van der Waals surface area contributed by atoms with E-state index in [0.717, 1.165) is 12.1 Å². The van der Waals surface area contributed by atoms with Crippen molar-refractivity contribution in [1.82, 2.24) is 25.9 Å². The van der Waals surface area contributed by atoms with Crippen LogP contribution in [0.1, 0.15) is 37.8 Å². The molecule has 1 aromatic carbocycles. The van der Waals surface area contributed by atoms with E-state index in [0.29, 0.717) is 6.07 Å². The van der Waals surface area contributed by atoms with E-state index in [1.165, 1.54) is 26.2 Å². The van der Waals surface area contributed by atoms with Crippen LogP contribution in [0.15, 0.2) is 36.7 Å². The van der Waals surface area contributed by atoms with Crippen molar-refractivity contribution in [2.75, 3.05) is 0 Å². The molecule has 166 valence electrons. The molecule has 1 aliphatic heterocycles. The number of hydrogen-bond acceptors (Lipinski definition) is 6. The summed E-state index contributed by atoms with van der Waals surface area (Å²) in [6.45, 7) is 2.96. The minimum atomic E-state index is -4.95. The van der Waals surface area contributed by atoms with Gasteiger partial charge in [0.05, 0.1) is 18.0 Å². The third-order valence-corrected chi connectivity index (χ3v) is 4.51. The number of halogens is 4. The topological polar surface area (TPSA) is 105 Å².